The Morgan fingerprint density at radius 2 is 1.52 bits per heavy atom. The topological polar surface area (TPSA) is 69.6 Å². The summed E-state index contributed by atoms with van der Waals surface area (Å²) in [5.74, 6) is -0.307. The number of anilines is 1. The smallest absolute Gasteiger partial charge is 0.254 e. The van der Waals surface area contributed by atoms with E-state index in [1.807, 2.05) is 42.5 Å². The summed E-state index contributed by atoms with van der Waals surface area (Å²) in [5.41, 5.74) is 4.30. The largest absolute Gasteiger partial charge is 0.352 e. The minimum Gasteiger partial charge on any atom is -0.352 e. The zero-order chi connectivity index (χ0) is 27.9. The van der Waals surface area contributed by atoms with Crippen LogP contribution in [0.2, 0.25) is 0 Å². The maximum absolute atomic E-state index is 13.6. The van der Waals surface area contributed by atoms with E-state index >= 15 is 0 Å². The molecule has 202 valence electrons. The zero-order valence-corrected chi connectivity index (χ0v) is 22.1. The Bertz CT molecular complexity index is 1470. The first-order valence-corrected chi connectivity index (χ1v) is 13.2. The number of amides is 2. The first kappa shape index (κ1) is 26.7. The predicted molar refractivity (Wildman–Crippen MR) is 154 cm³/mol. The lowest BCUT2D eigenvalue weighted by Gasteiger charge is -2.36. The molecule has 1 aliphatic rings. The molecule has 0 spiro atoms. The highest BCUT2D eigenvalue weighted by atomic mass is 19.1. The van der Waals surface area contributed by atoms with Gasteiger partial charge in [0.25, 0.3) is 5.91 Å². The molecule has 0 saturated carbocycles. The first-order chi connectivity index (χ1) is 19.5. The maximum atomic E-state index is 13.6. The van der Waals surface area contributed by atoms with Crippen molar-refractivity contribution in [2.24, 2.45) is 0 Å². The van der Waals surface area contributed by atoms with Gasteiger partial charge < -0.3 is 14.7 Å². The summed E-state index contributed by atoms with van der Waals surface area (Å²) in [6, 6.07) is 27.9. The number of carbonyl (C=O) groups is 2. The normalized spacial score (nSPS) is 13.1. The summed E-state index contributed by atoms with van der Waals surface area (Å²) >= 11 is 0. The van der Waals surface area contributed by atoms with Crippen LogP contribution in [0.5, 0.6) is 0 Å². The Morgan fingerprint density at radius 3 is 2.17 bits per heavy atom. The van der Waals surface area contributed by atoms with Crippen molar-refractivity contribution in [1.82, 2.24) is 20.0 Å². The van der Waals surface area contributed by atoms with Gasteiger partial charge in [0.2, 0.25) is 5.91 Å². The molecule has 1 aromatic heterocycles. The molecule has 2 amide bonds. The van der Waals surface area contributed by atoms with E-state index < -0.39 is 11.7 Å². The molecular formula is C32H30FN5O2. The van der Waals surface area contributed by atoms with Gasteiger partial charge in [-0.05, 0) is 41.5 Å². The van der Waals surface area contributed by atoms with Gasteiger partial charge in [-0.15, -0.1) is 16.8 Å². The van der Waals surface area contributed by atoms with Gasteiger partial charge in [0.15, 0.2) is 5.82 Å². The van der Waals surface area contributed by atoms with E-state index in [1.165, 1.54) is 34.7 Å². The first-order valence-electron chi connectivity index (χ1n) is 13.2. The Labute approximate surface area is 233 Å². The van der Waals surface area contributed by atoms with Crippen molar-refractivity contribution in [2.75, 3.05) is 44.2 Å². The monoisotopic (exact) mass is 535 g/mol. The number of piperazine rings is 1. The van der Waals surface area contributed by atoms with Crippen LogP contribution in [-0.4, -0.2) is 71.1 Å². The van der Waals surface area contributed by atoms with Crippen molar-refractivity contribution in [2.45, 2.75) is 0 Å². The number of benzene rings is 3. The lowest BCUT2D eigenvalue weighted by Crippen LogP contribution is -2.52. The van der Waals surface area contributed by atoms with E-state index in [-0.39, 0.29) is 24.6 Å². The van der Waals surface area contributed by atoms with Crippen LogP contribution >= 0.6 is 0 Å². The average Bonchev–Trinajstić information content (AvgIpc) is 3.01. The highest BCUT2D eigenvalue weighted by Crippen LogP contribution is 2.24. The van der Waals surface area contributed by atoms with Gasteiger partial charge in [-0.3, -0.25) is 9.59 Å². The van der Waals surface area contributed by atoms with Crippen LogP contribution in [0.15, 0.2) is 104 Å². The number of halogens is 1. The number of carbonyl (C=O) groups excluding carboxylic acids is 2. The van der Waals surface area contributed by atoms with Gasteiger partial charge in [0.1, 0.15) is 12.4 Å². The third-order valence-corrected chi connectivity index (χ3v) is 6.93. The van der Waals surface area contributed by atoms with E-state index in [9.17, 15) is 14.0 Å². The highest BCUT2D eigenvalue weighted by molar-refractivity contribution is 5.96. The molecule has 3 aromatic carbocycles. The predicted octanol–water partition coefficient (Wildman–Crippen LogP) is 4.93. The zero-order valence-electron chi connectivity index (χ0n) is 22.1. The van der Waals surface area contributed by atoms with E-state index in [4.69, 9.17) is 0 Å². The molecule has 0 unspecified atom stereocenters. The Morgan fingerprint density at radius 1 is 0.825 bits per heavy atom. The Hall–Kier alpha value is -4.85. The third-order valence-electron chi connectivity index (χ3n) is 6.93. The van der Waals surface area contributed by atoms with Crippen LogP contribution in [0.4, 0.5) is 10.2 Å². The van der Waals surface area contributed by atoms with E-state index in [2.05, 4.69) is 45.9 Å². The van der Waals surface area contributed by atoms with Crippen molar-refractivity contribution in [3.05, 3.63) is 115 Å². The fraction of sp³-hybridized carbons (Fsp3) is 0.188. The van der Waals surface area contributed by atoms with E-state index in [1.54, 1.807) is 11.0 Å². The summed E-state index contributed by atoms with van der Waals surface area (Å²) < 4.78 is 13.6. The average molecular weight is 536 g/mol. The molecular weight excluding hydrogens is 505 g/mol. The van der Waals surface area contributed by atoms with Gasteiger partial charge in [-0.25, -0.2) is 4.39 Å². The molecule has 7 nitrogen and oxygen atoms in total. The van der Waals surface area contributed by atoms with Crippen LogP contribution < -0.4 is 4.90 Å². The van der Waals surface area contributed by atoms with Crippen LogP contribution in [0, 0.1) is 5.82 Å². The summed E-state index contributed by atoms with van der Waals surface area (Å²) in [5, 5.41) is 8.89. The lowest BCUT2D eigenvalue weighted by molar-refractivity contribution is -0.132. The summed E-state index contributed by atoms with van der Waals surface area (Å²) in [6.07, 6.45) is 1.56. The van der Waals surface area contributed by atoms with E-state index in [0.717, 1.165) is 22.6 Å². The molecule has 5 rings (SSSR count). The van der Waals surface area contributed by atoms with Gasteiger partial charge in [0, 0.05) is 43.9 Å². The summed E-state index contributed by atoms with van der Waals surface area (Å²) in [6.45, 7) is 5.98. The standard InChI is InChI=1S/C32H30FN5O2/c1-2-17-38(32(40)27-9-6-10-28(33)22-27)23-31(39)37-20-18-36(19-21-37)30-16-15-29(34-35-30)26-13-11-25(12-14-26)24-7-4-3-5-8-24/h2-16,22H,1,17-21,23H2. The lowest BCUT2D eigenvalue weighted by atomic mass is 10.0. The molecule has 1 saturated heterocycles. The summed E-state index contributed by atoms with van der Waals surface area (Å²) in [7, 11) is 0. The quantitative estimate of drug-likeness (QED) is 0.300. The van der Waals surface area contributed by atoms with Crippen molar-refractivity contribution in [1.29, 1.82) is 0 Å². The second-order valence-electron chi connectivity index (χ2n) is 9.57. The van der Waals surface area contributed by atoms with Crippen LogP contribution in [0.3, 0.4) is 0 Å². The maximum Gasteiger partial charge on any atom is 0.254 e. The van der Waals surface area contributed by atoms with Crippen molar-refractivity contribution >= 4 is 17.6 Å². The highest BCUT2D eigenvalue weighted by Gasteiger charge is 2.25. The molecule has 8 heteroatoms. The van der Waals surface area contributed by atoms with Crippen LogP contribution in [0.25, 0.3) is 22.4 Å². The van der Waals surface area contributed by atoms with Crippen molar-refractivity contribution < 1.29 is 14.0 Å². The summed E-state index contributed by atoms with van der Waals surface area (Å²) in [4.78, 5) is 31.1. The third kappa shape index (κ3) is 6.23. The fourth-order valence-corrected chi connectivity index (χ4v) is 4.74. The minimum atomic E-state index is -0.496. The molecule has 0 atom stereocenters. The molecule has 0 bridgehead atoms. The Kier molecular flexibility index (Phi) is 8.25. The SMILES string of the molecule is C=CCN(CC(=O)N1CCN(c2ccc(-c3ccc(-c4ccccc4)cc3)nn2)CC1)C(=O)c1cccc(F)c1. The molecule has 0 aliphatic carbocycles. The molecule has 40 heavy (non-hydrogen) atoms. The van der Waals surface area contributed by atoms with E-state index in [0.29, 0.717) is 26.2 Å². The van der Waals surface area contributed by atoms with Gasteiger partial charge in [0.05, 0.1) is 5.69 Å². The number of hydrogen-bond acceptors (Lipinski definition) is 5. The molecule has 0 radical (unpaired) electrons. The van der Waals surface area contributed by atoms with Crippen molar-refractivity contribution in [3.8, 4) is 22.4 Å². The van der Waals surface area contributed by atoms with Crippen molar-refractivity contribution in [3.63, 3.8) is 0 Å². The molecule has 4 aromatic rings. The van der Waals surface area contributed by atoms with Gasteiger partial charge in [-0.2, -0.15) is 0 Å². The minimum absolute atomic E-state index is 0.0983. The number of hydrogen-bond donors (Lipinski definition) is 0. The number of rotatable bonds is 8. The molecule has 1 aliphatic heterocycles. The second-order valence-corrected chi connectivity index (χ2v) is 9.57. The van der Waals surface area contributed by atoms with Gasteiger partial charge >= 0.3 is 0 Å². The molecule has 2 heterocycles. The Balaban J connectivity index is 1.16. The number of nitrogens with zero attached hydrogens (tertiary/aromatic N) is 5. The van der Waals surface area contributed by atoms with Crippen LogP contribution in [-0.2, 0) is 4.79 Å². The number of aromatic nitrogens is 2. The van der Waals surface area contributed by atoms with Crippen LogP contribution in [0.1, 0.15) is 10.4 Å². The second kappa shape index (κ2) is 12.3. The molecule has 0 N–H and O–H groups in total. The fourth-order valence-electron chi connectivity index (χ4n) is 4.74. The molecule has 1 fully saturated rings. The van der Waals surface area contributed by atoms with Gasteiger partial charge in [-0.1, -0.05) is 66.7 Å².